The molecule has 0 aliphatic heterocycles. The second-order valence-electron chi connectivity index (χ2n) is 5.66. The highest BCUT2D eigenvalue weighted by molar-refractivity contribution is 6.32. The smallest absolute Gasteiger partial charge is 0.236 e. The quantitative estimate of drug-likeness (QED) is 0.625. The highest BCUT2D eigenvalue weighted by Gasteiger charge is 2.08. The van der Waals surface area contributed by atoms with Crippen molar-refractivity contribution < 1.29 is 14.3 Å². The van der Waals surface area contributed by atoms with Crippen LogP contribution in [0.2, 0.25) is 5.02 Å². The van der Waals surface area contributed by atoms with E-state index in [4.69, 9.17) is 21.1 Å². The Bertz CT molecular complexity index is 780. The fraction of sp³-hybridized carbons (Fsp3) is 0.263. The fourth-order valence-corrected chi connectivity index (χ4v) is 2.45. The number of methoxy groups -OCH3 is 1. The second kappa shape index (κ2) is 8.53. The number of hydrogen-bond donors (Lipinski definition) is 1. The number of halogens is 1. The van der Waals surface area contributed by atoms with Crippen molar-refractivity contribution in [2.24, 2.45) is 5.10 Å². The van der Waals surface area contributed by atoms with Crippen molar-refractivity contribution >= 4 is 23.7 Å². The number of nitrogens with zero attached hydrogens (tertiary/aromatic N) is 1. The summed E-state index contributed by atoms with van der Waals surface area (Å²) in [6.45, 7) is 5.63. The molecule has 0 spiro atoms. The lowest BCUT2D eigenvalue weighted by molar-refractivity contribution is -0.118. The minimum Gasteiger partial charge on any atom is -0.496 e. The molecule has 0 unspecified atom stereocenters. The predicted molar refractivity (Wildman–Crippen MR) is 99.7 cm³/mol. The lowest BCUT2D eigenvalue weighted by Gasteiger charge is -2.13. The van der Waals surface area contributed by atoms with Crippen LogP contribution in [0.15, 0.2) is 35.4 Å². The van der Waals surface area contributed by atoms with E-state index in [-0.39, 0.29) is 5.91 Å². The third-order valence-electron chi connectivity index (χ3n) is 3.54. The molecule has 0 bridgehead atoms. The molecule has 0 aromatic heterocycles. The van der Waals surface area contributed by atoms with Crippen LogP contribution in [0.25, 0.3) is 0 Å². The van der Waals surface area contributed by atoms with Crippen LogP contribution in [0.4, 0.5) is 0 Å². The van der Waals surface area contributed by atoms with Crippen molar-refractivity contribution in [2.75, 3.05) is 7.11 Å². The number of amides is 1. The maximum atomic E-state index is 10.9. The van der Waals surface area contributed by atoms with Gasteiger partial charge in [0.2, 0.25) is 5.91 Å². The summed E-state index contributed by atoms with van der Waals surface area (Å²) in [5, 5.41) is 4.62. The summed E-state index contributed by atoms with van der Waals surface area (Å²) in [6, 6.07) is 9.41. The molecule has 5 nitrogen and oxygen atoms in total. The molecule has 0 radical (unpaired) electrons. The van der Waals surface area contributed by atoms with Gasteiger partial charge < -0.3 is 9.47 Å². The molecule has 0 saturated carbocycles. The summed E-state index contributed by atoms with van der Waals surface area (Å²) < 4.78 is 11.3. The van der Waals surface area contributed by atoms with Crippen molar-refractivity contribution in [1.82, 2.24) is 5.43 Å². The lowest BCUT2D eigenvalue weighted by atomic mass is 10.1. The summed E-state index contributed by atoms with van der Waals surface area (Å²) in [6.07, 6.45) is 1.57. The van der Waals surface area contributed by atoms with E-state index in [0.717, 1.165) is 38.8 Å². The van der Waals surface area contributed by atoms with Gasteiger partial charge in [0, 0.05) is 17.5 Å². The number of aryl methyl sites for hydroxylation is 2. The third kappa shape index (κ3) is 5.22. The van der Waals surface area contributed by atoms with Crippen molar-refractivity contribution in [1.29, 1.82) is 0 Å². The van der Waals surface area contributed by atoms with Gasteiger partial charge >= 0.3 is 0 Å². The Morgan fingerprint density at radius 2 is 1.92 bits per heavy atom. The van der Waals surface area contributed by atoms with Gasteiger partial charge in [0.05, 0.1) is 13.3 Å². The second-order valence-corrected chi connectivity index (χ2v) is 6.04. The van der Waals surface area contributed by atoms with E-state index in [1.165, 1.54) is 6.92 Å². The first-order chi connectivity index (χ1) is 11.9. The monoisotopic (exact) mass is 360 g/mol. The first-order valence-electron chi connectivity index (χ1n) is 7.77. The SMILES string of the molecule is COc1ccc(/C=N/NC(C)=O)cc1COc1cc(C)c(Cl)c(C)c1. The van der Waals surface area contributed by atoms with Crippen LogP contribution in [0.3, 0.4) is 0 Å². The molecule has 2 aromatic carbocycles. The zero-order valence-corrected chi connectivity index (χ0v) is 15.5. The minimum atomic E-state index is -0.221. The molecule has 2 rings (SSSR count). The first kappa shape index (κ1) is 18.8. The molecule has 0 fully saturated rings. The van der Waals surface area contributed by atoms with Crippen LogP contribution >= 0.6 is 11.6 Å². The van der Waals surface area contributed by atoms with Gasteiger partial charge in [-0.3, -0.25) is 4.79 Å². The van der Waals surface area contributed by atoms with Crippen LogP contribution < -0.4 is 14.9 Å². The molecule has 132 valence electrons. The standard InChI is InChI=1S/C19H21ClN2O3/c1-12-7-17(8-13(2)19(12)20)25-11-16-9-15(5-6-18(16)24-4)10-21-22-14(3)23/h5-10H,11H2,1-4H3,(H,22,23)/b21-10+. The van der Waals surface area contributed by atoms with Gasteiger partial charge in [-0.2, -0.15) is 5.10 Å². The zero-order chi connectivity index (χ0) is 18.4. The maximum Gasteiger partial charge on any atom is 0.236 e. The molecule has 1 N–H and O–H groups in total. The van der Waals surface area contributed by atoms with Crippen LogP contribution in [0.1, 0.15) is 29.2 Å². The molecule has 0 aliphatic rings. The molecule has 0 atom stereocenters. The van der Waals surface area contributed by atoms with Gasteiger partial charge in [0.25, 0.3) is 0 Å². The van der Waals surface area contributed by atoms with Gasteiger partial charge in [0.1, 0.15) is 18.1 Å². The van der Waals surface area contributed by atoms with Gasteiger partial charge in [-0.15, -0.1) is 0 Å². The van der Waals surface area contributed by atoms with Gasteiger partial charge in [0.15, 0.2) is 0 Å². The average Bonchev–Trinajstić information content (AvgIpc) is 2.57. The molecule has 0 saturated heterocycles. The Kier molecular flexibility index (Phi) is 6.42. The van der Waals surface area contributed by atoms with Crippen molar-refractivity contribution in [3.63, 3.8) is 0 Å². The van der Waals surface area contributed by atoms with Crippen LogP contribution in [-0.2, 0) is 11.4 Å². The molecular formula is C19H21ClN2O3. The van der Waals surface area contributed by atoms with E-state index in [9.17, 15) is 4.79 Å². The number of carbonyl (C=O) groups excluding carboxylic acids is 1. The van der Waals surface area contributed by atoms with Gasteiger partial charge in [-0.05, 0) is 60.9 Å². The van der Waals surface area contributed by atoms with E-state index in [0.29, 0.717) is 6.61 Å². The Morgan fingerprint density at radius 3 is 2.52 bits per heavy atom. The Morgan fingerprint density at radius 1 is 1.24 bits per heavy atom. The average molecular weight is 361 g/mol. The van der Waals surface area contributed by atoms with Crippen LogP contribution in [0.5, 0.6) is 11.5 Å². The summed E-state index contributed by atoms with van der Waals surface area (Å²) in [5.74, 6) is 1.25. The number of hydrazone groups is 1. The zero-order valence-electron chi connectivity index (χ0n) is 14.7. The summed E-state index contributed by atoms with van der Waals surface area (Å²) in [5.41, 5.74) is 6.02. The molecule has 0 heterocycles. The molecular weight excluding hydrogens is 340 g/mol. The number of hydrogen-bond acceptors (Lipinski definition) is 4. The Labute approximate surface area is 152 Å². The van der Waals surface area contributed by atoms with E-state index in [1.807, 2.05) is 44.2 Å². The van der Waals surface area contributed by atoms with E-state index in [1.54, 1.807) is 13.3 Å². The maximum absolute atomic E-state index is 10.9. The van der Waals surface area contributed by atoms with E-state index >= 15 is 0 Å². The Hall–Kier alpha value is -2.53. The number of ether oxygens (including phenoxy) is 2. The Balaban J connectivity index is 2.17. The molecule has 1 amide bonds. The van der Waals surface area contributed by atoms with E-state index < -0.39 is 0 Å². The molecule has 2 aromatic rings. The fourth-order valence-electron chi connectivity index (χ4n) is 2.34. The normalized spacial score (nSPS) is 10.8. The molecule has 0 aliphatic carbocycles. The third-order valence-corrected chi connectivity index (χ3v) is 4.14. The molecule has 25 heavy (non-hydrogen) atoms. The largest absolute Gasteiger partial charge is 0.496 e. The summed E-state index contributed by atoms with van der Waals surface area (Å²) in [4.78, 5) is 10.9. The van der Waals surface area contributed by atoms with Crippen molar-refractivity contribution in [3.05, 3.63) is 57.6 Å². The summed E-state index contributed by atoms with van der Waals surface area (Å²) >= 11 is 6.19. The van der Waals surface area contributed by atoms with Crippen molar-refractivity contribution in [2.45, 2.75) is 27.4 Å². The number of carbonyl (C=O) groups is 1. The first-order valence-corrected chi connectivity index (χ1v) is 8.14. The topological polar surface area (TPSA) is 59.9 Å². The van der Waals surface area contributed by atoms with Crippen LogP contribution in [0, 0.1) is 13.8 Å². The van der Waals surface area contributed by atoms with E-state index in [2.05, 4.69) is 10.5 Å². The van der Waals surface area contributed by atoms with Crippen molar-refractivity contribution in [3.8, 4) is 11.5 Å². The highest BCUT2D eigenvalue weighted by Crippen LogP contribution is 2.27. The minimum absolute atomic E-state index is 0.221. The predicted octanol–water partition coefficient (Wildman–Crippen LogP) is 4.01. The lowest BCUT2D eigenvalue weighted by Crippen LogP contribution is -2.12. The van der Waals surface area contributed by atoms with Gasteiger partial charge in [-0.1, -0.05) is 11.6 Å². The summed E-state index contributed by atoms with van der Waals surface area (Å²) in [7, 11) is 1.61. The number of rotatable bonds is 6. The highest BCUT2D eigenvalue weighted by atomic mass is 35.5. The molecule has 6 heteroatoms. The number of benzene rings is 2. The van der Waals surface area contributed by atoms with Crippen LogP contribution in [-0.4, -0.2) is 19.2 Å². The van der Waals surface area contributed by atoms with Gasteiger partial charge in [-0.25, -0.2) is 5.43 Å². The number of nitrogens with one attached hydrogen (secondary N) is 1.